The minimum Gasteiger partial charge on any atom is -0.383 e. The number of nitrogens with one attached hydrogen (secondary N) is 2. The van der Waals surface area contributed by atoms with Crippen LogP contribution in [0.3, 0.4) is 0 Å². The summed E-state index contributed by atoms with van der Waals surface area (Å²) in [7, 11) is 1.72. The molecule has 1 fully saturated rings. The molecule has 2 N–H and O–H groups in total. The quantitative estimate of drug-likeness (QED) is 0.706. The summed E-state index contributed by atoms with van der Waals surface area (Å²) in [5, 5.41) is 7.44. The molecule has 1 rings (SSSR count). The van der Waals surface area contributed by atoms with Crippen molar-refractivity contribution >= 4 is 17.3 Å². The Labute approximate surface area is 98.0 Å². The summed E-state index contributed by atoms with van der Waals surface area (Å²) < 4.78 is 5.12. The maximum atomic E-state index is 5.27. The van der Waals surface area contributed by atoms with Gasteiger partial charge in [-0.3, -0.25) is 0 Å². The molecule has 0 aromatic rings. The fraction of sp³-hybridized carbons (Fsp3) is 0.909. The predicted molar refractivity (Wildman–Crippen MR) is 67.1 cm³/mol. The third kappa shape index (κ3) is 4.80. The first kappa shape index (κ1) is 12.7. The van der Waals surface area contributed by atoms with Gasteiger partial charge in [0.2, 0.25) is 0 Å². The molecule has 1 aliphatic rings. The molecule has 1 saturated carbocycles. The van der Waals surface area contributed by atoms with Gasteiger partial charge in [0.05, 0.1) is 12.6 Å². The number of ether oxygens (including phenoxy) is 1. The van der Waals surface area contributed by atoms with Gasteiger partial charge in [-0.2, -0.15) is 0 Å². The van der Waals surface area contributed by atoms with E-state index in [4.69, 9.17) is 17.0 Å². The van der Waals surface area contributed by atoms with E-state index < -0.39 is 0 Å². The van der Waals surface area contributed by atoms with E-state index in [-0.39, 0.29) is 0 Å². The molecule has 3 nitrogen and oxygen atoms in total. The second-order valence-corrected chi connectivity index (χ2v) is 4.57. The van der Waals surface area contributed by atoms with Crippen LogP contribution in [0, 0.1) is 0 Å². The van der Waals surface area contributed by atoms with Gasteiger partial charge in [-0.1, -0.05) is 19.8 Å². The number of rotatable bonds is 5. The van der Waals surface area contributed by atoms with Crippen molar-refractivity contribution in [1.29, 1.82) is 0 Å². The Morgan fingerprint density at radius 3 is 2.67 bits per heavy atom. The largest absolute Gasteiger partial charge is 0.383 e. The molecule has 0 radical (unpaired) electrons. The predicted octanol–water partition coefficient (Wildman–Crippen LogP) is 1.82. The van der Waals surface area contributed by atoms with Crippen LogP contribution in [0.1, 0.15) is 39.0 Å². The smallest absolute Gasteiger partial charge is 0.166 e. The normalized spacial score (nSPS) is 18.8. The standard InChI is InChI=1S/C11H22N2OS/c1-3-9(8-14-2)12-11(15)13-10-6-4-5-7-10/h9-10H,3-8H2,1-2H3,(H2,12,13,15). The Bertz CT molecular complexity index is 193. The minimum atomic E-state index is 0.330. The number of hydrogen-bond acceptors (Lipinski definition) is 2. The Hall–Kier alpha value is -0.350. The SMILES string of the molecule is CCC(COC)NC(=S)NC1CCCC1. The Morgan fingerprint density at radius 1 is 1.47 bits per heavy atom. The van der Waals surface area contributed by atoms with Crippen LogP contribution in [-0.2, 0) is 4.74 Å². The second kappa shape index (κ2) is 7.01. The lowest BCUT2D eigenvalue weighted by Gasteiger charge is -2.21. The average molecular weight is 230 g/mol. The monoisotopic (exact) mass is 230 g/mol. The summed E-state index contributed by atoms with van der Waals surface area (Å²) in [6.45, 7) is 2.85. The molecule has 15 heavy (non-hydrogen) atoms. The van der Waals surface area contributed by atoms with Crippen LogP contribution in [0.4, 0.5) is 0 Å². The first-order valence-electron chi connectivity index (χ1n) is 5.82. The molecule has 1 aliphatic carbocycles. The lowest BCUT2D eigenvalue weighted by atomic mass is 10.2. The van der Waals surface area contributed by atoms with Crippen molar-refractivity contribution < 1.29 is 4.74 Å². The van der Waals surface area contributed by atoms with Crippen molar-refractivity contribution in [3.8, 4) is 0 Å². The van der Waals surface area contributed by atoms with Crippen molar-refractivity contribution in [2.75, 3.05) is 13.7 Å². The van der Waals surface area contributed by atoms with Crippen molar-refractivity contribution in [3.63, 3.8) is 0 Å². The molecule has 0 amide bonds. The first-order chi connectivity index (χ1) is 7.26. The van der Waals surface area contributed by atoms with Crippen molar-refractivity contribution in [2.45, 2.75) is 51.1 Å². The zero-order valence-electron chi connectivity index (χ0n) is 9.71. The lowest BCUT2D eigenvalue weighted by Crippen LogP contribution is -2.46. The summed E-state index contributed by atoms with van der Waals surface area (Å²) in [5.74, 6) is 0. The van der Waals surface area contributed by atoms with Gasteiger partial charge in [0.15, 0.2) is 5.11 Å². The highest BCUT2D eigenvalue weighted by molar-refractivity contribution is 7.80. The molecule has 1 unspecified atom stereocenters. The van der Waals surface area contributed by atoms with E-state index >= 15 is 0 Å². The van der Waals surface area contributed by atoms with Crippen molar-refractivity contribution in [3.05, 3.63) is 0 Å². The van der Waals surface area contributed by atoms with Crippen LogP contribution in [0.5, 0.6) is 0 Å². The van der Waals surface area contributed by atoms with Crippen LogP contribution in [-0.4, -0.2) is 30.9 Å². The molecule has 0 aliphatic heterocycles. The van der Waals surface area contributed by atoms with E-state index in [0.29, 0.717) is 18.7 Å². The molecular formula is C11H22N2OS. The molecule has 4 heteroatoms. The summed E-state index contributed by atoms with van der Waals surface area (Å²) in [6, 6.07) is 0.918. The molecule has 0 saturated heterocycles. The van der Waals surface area contributed by atoms with Gasteiger partial charge >= 0.3 is 0 Å². The van der Waals surface area contributed by atoms with Gasteiger partial charge in [0, 0.05) is 13.2 Å². The van der Waals surface area contributed by atoms with Gasteiger partial charge in [0.25, 0.3) is 0 Å². The highest BCUT2D eigenvalue weighted by atomic mass is 32.1. The second-order valence-electron chi connectivity index (χ2n) is 4.16. The third-order valence-corrected chi connectivity index (χ3v) is 3.12. The topological polar surface area (TPSA) is 33.3 Å². The van der Waals surface area contributed by atoms with Gasteiger partial charge in [-0.05, 0) is 31.5 Å². The Balaban J connectivity index is 2.20. The van der Waals surface area contributed by atoms with E-state index in [9.17, 15) is 0 Å². The molecular weight excluding hydrogens is 208 g/mol. The summed E-state index contributed by atoms with van der Waals surface area (Å²) in [4.78, 5) is 0. The van der Waals surface area contributed by atoms with E-state index in [1.807, 2.05) is 0 Å². The highest BCUT2D eigenvalue weighted by Gasteiger charge is 2.16. The maximum Gasteiger partial charge on any atom is 0.166 e. The van der Waals surface area contributed by atoms with Gasteiger partial charge in [-0.25, -0.2) is 0 Å². The zero-order chi connectivity index (χ0) is 11.1. The first-order valence-corrected chi connectivity index (χ1v) is 6.23. The number of methoxy groups -OCH3 is 1. The molecule has 0 spiro atoms. The zero-order valence-corrected chi connectivity index (χ0v) is 10.5. The van der Waals surface area contributed by atoms with Crippen LogP contribution >= 0.6 is 12.2 Å². The van der Waals surface area contributed by atoms with E-state index in [1.165, 1.54) is 25.7 Å². The fourth-order valence-corrected chi connectivity index (χ4v) is 2.28. The summed E-state index contributed by atoms with van der Waals surface area (Å²) in [5.41, 5.74) is 0. The van der Waals surface area contributed by atoms with Gasteiger partial charge < -0.3 is 15.4 Å². The Morgan fingerprint density at radius 2 is 2.13 bits per heavy atom. The van der Waals surface area contributed by atoms with Crippen molar-refractivity contribution in [2.24, 2.45) is 0 Å². The van der Waals surface area contributed by atoms with Crippen molar-refractivity contribution in [1.82, 2.24) is 10.6 Å². The van der Waals surface area contributed by atoms with E-state index in [1.54, 1.807) is 7.11 Å². The van der Waals surface area contributed by atoms with Gasteiger partial charge in [-0.15, -0.1) is 0 Å². The highest BCUT2D eigenvalue weighted by Crippen LogP contribution is 2.17. The third-order valence-electron chi connectivity index (χ3n) is 2.89. The maximum absolute atomic E-state index is 5.27. The Kier molecular flexibility index (Phi) is 5.95. The van der Waals surface area contributed by atoms with Crippen LogP contribution in [0.25, 0.3) is 0 Å². The average Bonchev–Trinajstić information content (AvgIpc) is 2.69. The fourth-order valence-electron chi connectivity index (χ4n) is 1.95. The van der Waals surface area contributed by atoms with E-state index in [0.717, 1.165) is 11.5 Å². The summed E-state index contributed by atoms with van der Waals surface area (Å²) in [6.07, 6.45) is 6.19. The lowest BCUT2D eigenvalue weighted by molar-refractivity contribution is 0.172. The number of hydrogen-bond donors (Lipinski definition) is 2. The number of thiocarbonyl (C=S) groups is 1. The molecule has 0 heterocycles. The molecule has 0 aromatic heterocycles. The minimum absolute atomic E-state index is 0.330. The van der Waals surface area contributed by atoms with Crippen LogP contribution < -0.4 is 10.6 Å². The van der Waals surface area contributed by atoms with Gasteiger partial charge in [0.1, 0.15) is 0 Å². The molecule has 0 bridgehead atoms. The molecule has 1 atom stereocenters. The van der Waals surface area contributed by atoms with Crippen LogP contribution in [0.15, 0.2) is 0 Å². The molecule has 0 aromatic carbocycles. The van der Waals surface area contributed by atoms with Crippen LogP contribution in [0.2, 0.25) is 0 Å². The van der Waals surface area contributed by atoms with E-state index in [2.05, 4.69) is 17.6 Å². The summed E-state index contributed by atoms with van der Waals surface area (Å²) >= 11 is 5.27. The molecule has 88 valence electrons.